The molecule has 0 bridgehead atoms. The molecule has 11 nitrogen and oxygen atoms in total. The van der Waals surface area contributed by atoms with E-state index in [1.807, 2.05) is 0 Å². The maximum absolute atomic E-state index is 14.2. The molecule has 39 heavy (non-hydrogen) atoms. The van der Waals surface area contributed by atoms with Crippen LogP contribution in [0.4, 0.5) is 17.6 Å². The molecular formula is C24H30F4O11. The molecule has 0 aliphatic rings. The van der Waals surface area contributed by atoms with E-state index in [1.54, 1.807) is 0 Å². The monoisotopic (exact) mass is 570 g/mol. The van der Waals surface area contributed by atoms with Crippen LogP contribution in [0.1, 0.15) is 34.1 Å². The summed E-state index contributed by atoms with van der Waals surface area (Å²) >= 11 is 0. The van der Waals surface area contributed by atoms with E-state index in [-0.39, 0.29) is 22.3 Å². The Morgan fingerprint density at radius 3 is 1.23 bits per heavy atom. The van der Waals surface area contributed by atoms with E-state index in [1.165, 1.54) is 27.7 Å². The fourth-order valence-corrected chi connectivity index (χ4v) is 1.75. The first-order chi connectivity index (χ1) is 17.8. The summed E-state index contributed by atoms with van der Waals surface area (Å²) in [6.45, 7) is 9.05. The largest absolute Gasteiger partial charge is 0.397 e. The molecule has 0 fully saturated rings. The van der Waals surface area contributed by atoms with Crippen molar-refractivity contribution in [2.45, 2.75) is 59.1 Å². The van der Waals surface area contributed by atoms with Gasteiger partial charge < -0.3 is 33.2 Å². The van der Waals surface area contributed by atoms with E-state index in [2.05, 4.69) is 59.5 Å². The van der Waals surface area contributed by atoms with Crippen LogP contribution in [0.2, 0.25) is 0 Å². The smallest absolute Gasteiger partial charge is 0.379 e. The van der Waals surface area contributed by atoms with Crippen LogP contribution >= 0.6 is 0 Å². The maximum atomic E-state index is 14.2. The van der Waals surface area contributed by atoms with Crippen LogP contribution in [-0.2, 0) is 52.3 Å². The number of halogens is 4. The van der Waals surface area contributed by atoms with Crippen molar-refractivity contribution in [3.05, 3.63) is 48.6 Å². The van der Waals surface area contributed by atoms with Crippen molar-refractivity contribution in [1.29, 1.82) is 0 Å². The summed E-state index contributed by atoms with van der Waals surface area (Å²) in [6.07, 6.45) is -5.55. The molecule has 0 N–H and O–H groups in total. The lowest BCUT2D eigenvalue weighted by molar-refractivity contribution is -0.324. The van der Waals surface area contributed by atoms with E-state index < -0.39 is 75.1 Å². The summed E-state index contributed by atoms with van der Waals surface area (Å²) in [4.78, 5) is 46.5. The van der Waals surface area contributed by atoms with Crippen LogP contribution in [-0.4, -0.2) is 68.7 Å². The number of carbonyl (C=O) groups is 4. The Bertz CT molecular complexity index is 843. The highest BCUT2D eigenvalue weighted by Gasteiger charge is 2.37. The average molecular weight is 570 g/mol. The predicted molar refractivity (Wildman–Crippen MR) is 124 cm³/mol. The fourth-order valence-electron chi connectivity index (χ4n) is 1.75. The van der Waals surface area contributed by atoms with Crippen molar-refractivity contribution in [3.8, 4) is 0 Å². The van der Waals surface area contributed by atoms with Crippen molar-refractivity contribution in [1.82, 2.24) is 0 Å². The minimum atomic E-state index is -4.21. The second-order valence-corrected chi connectivity index (χ2v) is 8.03. The Morgan fingerprint density at radius 2 is 0.923 bits per heavy atom. The predicted octanol–water partition coefficient (Wildman–Crippen LogP) is 3.70. The van der Waals surface area contributed by atoms with Gasteiger partial charge in [-0.15, -0.1) is 0 Å². The van der Waals surface area contributed by atoms with Crippen molar-refractivity contribution >= 4 is 23.9 Å². The summed E-state index contributed by atoms with van der Waals surface area (Å²) < 4.78 is 88.1. The standard InChI is InChI=1S/C24H30F4O11/c1-13(2)17(29)36-21(37-18(30)14(3)4)33-11-23(25,26)9-10-35-24(27,28)12-34-22(38-19(31)15(5)6)39-20(32)16(7)8/h21-22H,1,3,5,7,9-12H2,2,4,6,8H3. The second-order valence-electron chi connectivity index (χ2n) is 8.03. The second kappa shape index (κ2) is 15.8. The zero-order chi connectivity index (χ0) is 30.6. The normalized spacial score (nSPS) is 11.5. The Labute approximate surface area is 221 Å². The van der Waals surface area contributed by atoms with Gasteiger partial charge in [0.2, 0.25) is 0 Å². The molecule has 0 rings (SSSR count). The van der Waals surface area contributed by atoms with Crippen molar-refractivity contribution in [2.75, 3.05) is 19.8 Å². The summed E-state index contributed by atoms with van der Waals surface area (Å²) in [6, 6.07) is 0. The van der Waals surface area contributed by atoms with E-state index in [0.29, 0.717) is 0 Å². The van der Waals surface area contributed by atoms with Crippen LogP contribution in [0, 0.1) is 0 Å². The molecule has 0 amide bonds. The number of hydrogen-bond donors (Lipinski definition) is 0. The Morgan fingerprint density at radius 1 is 0.615 bits per heavy atom. The van der Waals surface area contributed by atoms with Crippen molar-refractivity contribution < 1.29 is 69.9 Å². The molecule has 0 saturated heterocycles. The molecule has 0 unspecified atom stereocenters. The van der Waals surface area contributed by atoms with Gasteiger partial charge in [-0.3, -0.25) is 0 Å². The number of hydrogen-bond acceptors (Lipinski definition) is 11. The Kier molecular flexibility index (Phi) is 14.3. The number of ether oxygens (including phenoxy) is 7. The Balaban J connectivity index is 5.01. The topological polar surface area (TPSA) is 133 Å². The summed E-state index contributed by atoms with van der Waals surface area (Å²) in [5.41, 5.74) is -0.668. The molecule has 0 heterocycles. The molecular weight excluding hydrogens is 540 g/mol. The third-order valence-corrected chi connectivity index (χ3v) is 3.81. The SMILES string of the molecule is C=C(C)C(=O)OC(OCC(F)(F)CCOC(F)(F)COC(OC(=O)C(=C)C)OC(=O)C(=C)C)OC(=O)C(=C)C. The van der Waals surface area contributed by atoms with Gasteiger partial charge in [-0.05, 0) is 27.7 Å². The molecule has 0 radical (unpaired) electrons. The molecule has 0 aliphatic carbocycles. The fraction of sp³-hybridized carbons (Fsp3) is 0.500. The third-order valence-electron chi connectivity index (χ3n) is 3.81. The number of esters is 4. The first kappa shape index (κ1) is 35.4. The van der Waals surface area contributed by atoms with Crippen molar-refractivity contribution in [3.63, 3.8) is 0 Å². The lowest BCUT2D eigenvalue weighted by Crippen LogP contribution is -2.37. The van der Waals surface area contributed by atoms with Gasteiger partial charge in [0.05, 0.1) is 6.61 Å². The lowest BCUT2D eigenvalue weighted by atomic mass is 10.2. The molecule has 15 heteroatoms. The number of alkyl halides is 4. The van der Waals surface area contributed by atoms with Gasteiger partial charge >= 0.3 is 42.9 Å². The van der Waals surface area contributed by atoms with Gasteiger partial charge in [0, 0.05) is 28.7 Å². The van der Waals surface area contributed by atoms with Crippen LogP contribution in [0.3, 0.4) is 0 Å². The third kappa shape index (κ3) is 15.4. The van der Waals surface area contributed by atoms with E-state index in [0.717, 1.165) is 0 Å². The van der Waals surface area contributed by atoms with Gasteiger partial charge in [0.1, 0.15) is 13.2 Å². The molecule has 0 aliphatic heterocycles. The number of rotatable bonds is 18. The van der Waals surface area contributed by atoms with Crippen LogP contribution in [0.15, 0.2) is 48.6 Å². The van der Waals surface area contributed by atoms with E-state index in [9.17, 15) is 36.7 Å². The Hall–Kier alpha value is -3.56. The van der Waals surface area contributed by atoms with Crippen LogP contribution in [0.5, 0.6) is 0 Å². The van der Waals surface area contributed by atoms with Crippen LogP contribution in [0.25, 0.3) is 0 Å². The molecule has 0 aromatic carbocycles. The zero-order valence-electron chi connectivity index (χ0n) is 21.8. The highest BCUT2D eigenvalue weighted by molar-refractivity contribution is 5.89. The molecule has 0 atom stereocenters. The highest BCUT2D eigenvalue weighted by Crippen LogP contribution is 2.24. The molecule has 220 valence electrons. The minimum Gasteiger partial charge on any atom is -0.397 e. The van der Waals surface area contributed by atoms with Gasteiger partial charge in [-0.25, -0.2) is 28.0 Å². The summed E-state index contributed by atoms with van der Waals surface area (Å²) in [5, 5.41) is 0. The maximum Gasteiger partial charge on any atom is 0.379 e. The summed E-state index contributed by atoms with van der Waals surface area (Å²) in [5.74, 6) is -8.36. The molecule has 0 saturated carbocycles. The van der Waals surface area contributed by atoms with E-state index in [4.69, 9.17) is 0 Å². The first-order valence-electron chi connectivity index (χ1n) is 10.8. The molecule has 0 spiro atoms. The minimum absolute atomic E-state index is 0.161. The zero-order valence-corrected chi connectivity index (χ0v) is 21.8. The average Bonchev–Trinajstić information content (AvgIpc) is 2.80. The lowest BCUT2D eigenvalue weighted by Gasteiger charge is -2.24. The summed E-state index contributed by atoms with van der Waals surface area (Å²) in [7, 11) is 0. The quantitative estimate of drug-likeness (QED) is 0.103. The first-order valence-corrected chi connectivity index (χ1v) is 10.8. The van der Waals surface area contributed by atoms with Crippen molar-refractivity contribution in [2.24, 2.45) is 0 Å². The highest BCUT2D eigenvalue weighted by atomic mass is 19.3. The number of carbonyl (C=O) groups excluding carboxylic acids is 4. The molecule has 0 aromatic rings. The van der Waals surface area contributed by atoms with Crippen LogP contribution < -0.4 is 0 Å². The molecule has 0 aromatic heterocycles. The van der Waals surface area contributed by atoms with Gasteiger partial charge in [0.15, 0.2) is 0 Å². The van der Waals surface area contributed by atoms with E-state index >= 15 is 0 Å². The van der Waals surface area contributed by atoms with Gasteiger partial charge in [-0.1, -0.05) is 26.3 Å². The van der Waals surface area contributed by atoms with Gasteiger partial charge in [0.25, 0.3) is 5.92 Å². The van der Waals surface area contributed by atoms with Gasteiger partial charge in [-0.2, -0.15) is 8.78 Å².